The number of carbonyl (C=O) groups excluding carboxylic acids is 2. The predicted octanol–water partition coefficient (Wildman–Crippen LogP) is 1.96. The lowest BCUT2D eigenvalue weighted by Gasteiger charge is -2.02. The molecule has 0 aromatic carbocycles. The Labute approximate surface area is 110 Å². The highest BCUT2D eigenvalue weighted by Crippen LogP contribution is 1.89. The van der Waals surface area contributed by atoms with E-state index < -0.39 is 0 Å². The maximum absolute atomic E-state index is 10.1. The normalized spacial score (nSPS) is 7.14. The highest BCUT2D eigenvalue weighted by atomic mass is 128. The summed E-state index contributed by atoms with van der Waals surface area (Å²) in [5, 5.41) is 0. The molecule has 4 nitrogen and oxygen atoms in total. The topological polar surface area (TPSA) is 40.6 Å². The van der Waals surface area contributed by atoms with Crippen LogP contribution in [0.2, 0.25) is 0 Å². The lowest BCUT2D eigenvalue weighted by atomic mass is 10.7. The standard InChI is InChI=1S/2C4H9NO.I2/c2*1-4(6)5(2)3;1-2/h2*1-3H3;. The van der Waals surface area contributed by atoms with E-state index in [1.807, 2.05) is 0 Å². The second kappa shape index (κ2) is 13.4. The molecule has 0 aromatic rings. The Morgan fingerprint density at radius 1 is 0.786 bits per heavy atom. The summed E-state index contributed by atoms with van der Waals surface area (Å²) in [6.45, 7) is 3.06. The van der Waals surface area contributed by atoms with E-state index in [-0.39, 0.29) is 11.8 Å². The summed E-state index contributed by atoms with van der Waals surface area (Å²) in [4.78, 5) is 23.2. The van der Waals surface area contributed by atoms with Gasteiger partial charge in [-0.2, -0.15) is 0 Å². The van der Waals surface area contributed by atoms with Crippen molar-refractivity contribution in [3.8, 4) is 0 Å². The minimum atomic E-state index is 0.0926. The van der Waals surface area contributed by atoms with Crippen molar-refractivity contribution in [2.24, 2.45) is 0 Å². The Hall–Kier alpha value is 0.400. The fraction of sp³-hybridized carbons (Fsp3) is 0.750. The molecule has 0 fully saturated rings. The van der Waals surface area contributed by atoms with E-state index in [4.69, 9.17) is 0 Å². The highest BCUT2D eigenvalue weighted by molar-refractivity contribution is 15.0. The van der Waals surface area contributed by atoms with Crippen LogP contribution in [0, 0.1) is 0 Å². The Balaban J connectivity index is -0.000000147. The first-order valence-corrected chi connectivity index (χ1v) is 10.1. The van der Waals surface area contributed by atoms with Crippen molar-refractivity contribution in [1.82, 2.24) is 9.80 Å². The second-order valence-corrected chi connectivity index (χ2v) is 2.83. The molecule has 14 heavy (non-hydrogen) atoms. The van der Waals surface area contributed by atoms with Gasteiger partial charge in [0.1, 0.15) is 0 Å². The first-order valence-electron chi connectivity index (χ1n) is 3.79. The summed E-state index contributed by atoms with van der Waals surface area (Å²) in [6, 6.07) is 0. The van der Waals surface area contributed by atoms with Gasteiger partial charge in [-0.3, -0.25) is 9.59 Å². The second-order valence-electron chi connectivity index (χ2n) is 2.83. The number of nitrogens with zero attached hydrogens (tertiary/aromatic N) is 2. The van der Waals surface area contributed by atoms with Crippen molar-refractivity contribution in [2.75, 3.05) is 28.2 Å². The van der Waals surface area contributed by atoms with Crippen LogP contribution in [0.4, 0.5) is 0 Å². The van der Waals surface area contributed by atoms with Crippen LogP contribution in [-0.2, 0) is 9.59 Å². The third-order valence-corrected chi connectivity index (χ3v) is 1.26. The predicted molar refractivity (Wildman–Crippen MR) is 76.8 cm³/mol. The molecule has 2 amide bonds. The molecule has 0 radical (unpaired) electrons. The molecule has 6 heteroatoms. The van der Waals surface area contributed by atoms with Crippen LogP contribution in [0.3, 0.4) is 0 Å². The summed E-state index contributed by atoms with van der Waals surface area (Å²) in [7, 11) is 6.90. The molecule has 0 saturated heterocycles. The van der Waals surface area contributed by atoms with Crippen LogP contribution < -0.4 is 0 Å². The first-order chi connectivity index (χ1) is 6.29. The van der Waals surface area contributed by atoms with Gasteiger partial charge in [-0.25, -0.2) is 0 Å². The molecule has 0 atom stereocenters. The van der Waals surface area contributed by atoms with Gasteiger partial charge < -0.3 is 9.80 Å². The molecule has 86 valence electrons. The van der Waals surface area contributed by atoms with Crippen molar-refractivity contribution in [1.29, 1.82) is 0 Å². The van der Waals surface area contributed by atoms with Crippen molar-refractivity contribution < 1.29 is 9.59 Å². The molecule has 0 saturated carbocycles. The van der Waals surface area contributed by atoms with Crippen molar-refractivity contribution in [3.63, 3.8) is 0 Å². The average molecular weight is 428 g/mol. The zero-order chi connectivity index (χ0) is 12.3. The van der Waals surface area contributed by atoms with E-state index in [1.54, 1.807) is 28.2 Å². The van der Waals surface area contributed by atoms with Gasteiger partial charge in [-0.05, 0) is 0 Å². The average Bonchev–Trinajstić information content (AvgIpc) is 2.08. The van der Waals surface area contributed by atoms with Crippen molar-refractivity contribution in [3.05, 3.63) is 0 Å². The van der Waals surface area contributed by atoms with Crippen molar-refractivity contribution in [2.45, 2.75) is 13.8 Å². The van der Waals surface area contributed by atoms with Crippen LogP contribution in [0.5, 0.6) is 0 Å². The third-order valence-electron chi connectivity index (χ3n) is 1.26. The molecular formula is C8H18I2N2O2. The van der Waals surface area contributed by atoms with Crippen molar-refractivity contribution >= 4 is 49.0 Å². The van der Waals surface area contributed by atoms with Gasteiger partial charge >= 0.3 is 0 Å². The van der Waals surface area contributed by atoms with Gasteiger partial charge in [0, 0.05) is 79.3 Å². The molecule has 0 rings (SSSR count). The smallest absolute Gasteiger partial charge is 0.218 e. The maximum atomic E-state index is 10.1. The number of hydrogen-bond donors (Lipinski definition) is 0. The minimum Gasteiger partial charge on any atom is -0.349 e. The molecule has 0 aliphatic heterocycles. The van der Waals surface area contributed by atoms with E-state index in [0.717, 1.165) is 0 Å². The molecule has 0 aliphatic carbocycles. The van der Waals surface area contributed by atoms with E-state index in [9.17, 15) is 9.59 Å². The molecule has 0 aliphatic rings. The lowest BCUT2D eigenvalue weighted by Crippen LogP contribution is -2.17. The molecular weight excluding hydrogens is 410 g/mol. The molecule has 0 N–H and O–H groups in total. The monoisotopic (exact) mass is 428 g/mol. The Kier molecular flexibility index (Phi) is 19.0. The summed E-state index contributed by atoms with van der Waals surface area (Å²) in [6.07, 6.45) is 0. The van der Waals surface area contributed by atoms with Crippen LogP contribution in [0.1, 0.15) is 13.8 Å². The van der Waals surface area contributed by atoms with E-state index in [2.05, 4.69) is 37.2 Å². The number of rotatable bonds is 0. The largest absolute Gasteiger partial charge is 0.349 e. The fourth-order valence-corrected chi connectivity index (χ4v) is 0. The fourth-order valence-electron chi connectivity index (χ4n) is 0. The highest BCUT2D eigenvalue weighted by Gasteiger charge is 1.88. The summed E-state index contributed by atoms with van der Waals surface area (Å²) in [5.74, 6) is 0.185. The third kappa shape index (κ3) is 22.8. The Morgan fingerprint density at radius 3 is 0.857 bits per heavy atom. The van der Waals surface area contributed by atoms with Gasteiger partial charge in [0.15, 0.2) is 0 Å². The Bertz CT molecular complexity index is 143. The number of amides is 2. The van der Waals surface area contributed by atoms with E-state index >= 15 is 0 Å². The molecule has 0 aromatic heterocycles. The van der Waals surface area contributed by atoms with Gasteiger partial charge in [0.25, 0.3) is 0 Å². The zero-order valence-electron chi connectivity index (χ0n) is 9.47. The van der Waals surface area contributed by atoms with E-state index in [1.165, 1.54) is 23.6 Å². The maximum Gasteiger partial charge on any atom is 0.218 e. The lowest BCUT2D eigenvalue weighted by molar-refractivity contribution is -0.127. The van der Waals surface area contributed by atoms with Crippen LogP contribution >= 0.6 is 37.2 Å². The quantitative estimate of drug-likeness (QED) is 0.554. The van der Waals surface area contributed by atoms with Crippen LogP contribution in [0.25, 0.3) is 0 Å². The molecule has 0 heterocycles. The van der Waals surface area contributed by atoms with Crippen LogP contribution in [-0.4, -0.2) is 49.8 Å². The summed E-state index contributed by atoms with van der Waals surface area (Å²) < 4.78 is 0. The SMILES string of the molecule is CC(=O)N(C)C.CC(=O)N(C)C.II. The molecule has 0 unspecified atom stereocenters. The number of hydrogen-bond acceptors (Lipinski definition) is 2. The molecule has 0 bridgehead atoms. The molecule has 0 spiro atoms. The number of carbonyl (C=O) groups is 2. The number of halogens is 2. The van der Waals surface area contributed by atoms with Gasteiger partial charge in [-0.15, -0.1) is 0 Å². The van der Waals surface area contributed by atoms with Gasteiger partial charge in [0.2, 0.25) is 11.8 Å². The first kappa shape index (κ1) is 19.9. The Morgan fingerprint density at radius 2 is 0.857 bits per heavy atom. The van der Waals surface area contributed by atoms with Crippen LogP contribution in [0.15, 0.2) is 0 Å². The summed E-state index contributed by atoms with van der Waals surface area (Å²) in [5.41, 5.74) is 0. The minimum absolute atomic E-state index is 0.0926. The van der Waals surface area contributed by atoms with E-state index in [0.29, 0.717) is 0 Å². The zero-order valence-corrected chi connectivity index (χ0v) is 13.8. The van der Waals surface area contributed by atoms with Gasteiger partial charge in [0.05, 0.1) is 0 Å². The summed E-state index contributed by atoms with van der Waals surface area (Å²) >= 11 is 4.24. The van der Waals surface area contributed by atoms with Gasteiger partial charge in [-0.1, -0.05) is 0 Å².